The lowest BCUT2D eigenvalue weighted by Gasteiger charge is -2.45. The van der Waals surface area contributed by atoms with E-state index in [1.807, 2.05) is 76.2 Å². The van der Waals surface area contributed by atoms with Gasteiger partial charge in [-0.1, -0.05) is 139 Å². The van der Waals surface area contributed by atoms with Crippen molar-refractivity contribution in [3.8, 4) is 0 Å². The number of rotatable bonds is 47. The summed E-state index contributed by atoms with van der Waals surface area (Å²) in [5.41, 5.74) is -0.634. The van der Waals surface area contributed by atoms with Crippen molar-refractivity contribution >= 4 is 34.9 Å². The van der Waals surface area contributed by atoms with Crippen LogP contribution in [-0.2, 0) is 147 Å². The zero-order valence-electron chi connectivity index (χ0n) is 89.7. The van der Waals surface area contributed by atoms with Crippen molar-refractivity contribution in [2.24, 2.45) is 11.8 Å². The molecule has 0 aliphatic carbocycles. The summed E-state index contributed by atoms with van der Waals surface area (Å²) in [4.78, 5) is 69.8. The van der Waals surface area contributed by atoms with Crippen molar-refractivity contribution in [1.29, 1.82) is 0 Å². The topological polar surface area (TPSA) is 353 Å². The molecule has 0 saturated carbocycles. The van der Waals surface area contributed by atoms with Crippen molar-refractivity contribution in [2.75, 3.05) is 79.3 Å². The fraction of sp³-hybridized carbons (Fsp3) is 0.943. The highest BCUT2D eigenvalue weighted by molar-refractivity contribution is 5.84. The standard InChI is InChI=1S/C31H56O7.C25H46O7.C20H32O8.C15H26O6.C15H26O4/c1-7-9-11-13-15-17-19-29(4)33-22-25(35-29)27-28(26-23-34-31(6,36-26)21-24(3)32)38-30(5,37-27)20-18-16-14-12-10-8-2;1-6-8-10-19(26)16-21-18-22(17-20-12-15-29-24(3,4)30-20)32-25(5,31-21)13-11-23(27)28-14-9-7-2;1-7-18(4)27-16(14-10-23-19(5,25-14)8-12(2)21)17(28-18)15-11-24-20(6,26-15)9-13(3)22;1-5-14(3)17-7-12(8-18-14)21-13-9-19-15(4,20-10-13)6-11(2)16;1-10(2)6-15(5)18-9-13(19-15)12-7-14(4,11(3)16)17-8-12/h25-28H,7-23H2,1-6H3;19-22,26H,6-18H2,1-5H3;14-17H,7-11H2,1-6H3;12-13H,5-10H2,1-4H3;10,12-13H,6-9H2,1-5H3. The normalized spacial score (nSPS) is 39.1. The molecule has 32 heteroatoms. The van der Waals surface area contributed by atoms with Gasteiger partial charge in [-0.05, 0) is 188 Å². The van der Waals surface area contributed by atoms with Crippen LogP contribution in [0, 0.1) is 11.8 Å². The van der Waals surface area contributed by atoms with Crippen LogP contribution in [0.5, 0.6) is 0 Å². The highest BCUT2D eigenvalue weighted by Gasteiger charge is 2.60. The molecule has 12 rings (SSSR count). The zero-order chi connectivity index (χ0) is 102. The van der Waals surface area contributed by atoms with Gasteiger partial charge in [-0.25, -0.2) is 0 Å². The Morgan fingerprint density at radius 1 is 0.362 bits per heavy atom. The van der Waals surface area contributed by atoms with Crippen LogP contribution in [0.4, 0.5) is 0 Å². The van der Waals surface area contributed by atoms with Gasteiger partial charge >= 0.3 is 5.97 Å². The molecule has 802 valence electrons. The molecule has 0 aromatic carbocycles. The van der Waals surface area contributed by atoms with Crippen LogP contribution in [0.2, 0.25) is 0 Å². The second-order valence-electron chi connectivity index (χ2n) is 43.9. The lowest BCUT2D eigenvalue weighted by atomic mass is 9.90. The number of carbonyl (C=O) groups is 6. The van der Waals surface area contributed by atoms with Crippen LogP contribution < -0.4 is 0 Å². The Morgan fingerprint density at radius 2 is 0.754 bits per heavy atom. The minimum Gasteiger partial charge on any atom is -0.466 e. The van der Waals surface area contributed by atoms with E-state index >= 15 is 0 Å². The van der Waals surface area contributed by atoms with Gasteiger partial charge in [-0.2, -0.15) is 0 Å². The quantitative estimate of drug-likeness (QED) is 0.0437. The maximum Gasteiger partial charge on any atom is 0.305 e. The molecule has 138 heavy (non-hydrogen) atoms. The van der Waals surface area contributed by atoms with Gasteiger partial charge in [-0.3, -0.25) is 28.8 Å². The maximum atomic E-state index is 12.1. The number of ether oxygens (including phenoxy) is 25. The molecule has 22 unspecified atom stereocenters. The molecule has 12 aliphatic heterocycles. The maximum absolute atomic E-state index is 12.1. The summed E-state index contributed by atoms with van der Waals surface area (Å²) in [6.07, 6.45) is 24.9. The fourth-order valence-electron chi connectivity index (χ4n) is 20.4. The number of ketones is 5. The molecule has 12 saturated heterocycles. The molecular formula is C106H186O32. The van der Waals surface area contributed by atoms with Crippen LogP contribution in [0.15, 0.2) is 0 Å². The van der Waals surface area contributed by atoms with Gasteiger partial charge < -0.3 is 124 Å². The molecule has 0 aromatic rings. The Kier molecular flexibility index (Phi) is 47.5. The Hall–Kier alpha value is -3.18. The summed E-state index contributed by atoms with van der Waals surface area (Å²) in [7, 11) is 0. The average molecular weight is 1970 g/mol. The molecule has 1 N–H and O–H groups in total. The van der Waals surface area contributed by atoms with E-state index in [2.05, 4.69) is 48.5 Å². The number of Topliss-reactive ketones (excluding diaryl/α,β-unsaturated/α-hetero) is 5. The van der Waals surface area contributed by atoms with E-state index in [0.29, 0.717) is 111 Å². The lowest BCUT2D eigenvalue weighted by molar-refractivity contribution is -0.326. The number of hydrogen-bond acceptors (Lipinski definition) is 32. The molecule has 32 nitrogen and oxygen atoms in total. The van der Waals surface area contributed by atoms with Crippen LogP contribution in [0.25, 0.3) is 0 Å². The van der Waals surface area contributed by atoms with Crippen molar-refractivity contribution in [3.63, 3.8) is 0 Å². The van der Waals surface area contributed by atoms with Crippen LogP contribution in [-0.4, -0.2) is 280 Å². The number of aliphatic hydroxyl groups is 1. The van der Waals surface area contributed by atoms with Crippen LogP contribution >= 0.6 is 0 Å². The van der Waals surface area contributed by atoms with Crippen molar-refractivity contribution in [2.45, 2.75) is 553 Å². The predicted molar refractivity (Wildman–Crippen MR) is 514 cm³/mol. The first-order valence-electron chi connectivity index (χ1n) is 52.9. The molecule has 12 fully saturated rings. The summed E-state index contributed by atoms with van der Waals surface area (Å²) in [6.45, 7) is 55.0. The lowest BCUT2D eigenvalue weighted by Crippen LogP contribution is -2.50. The summed E-state index contributed by atoms with van der Waals surface area (Å²) >= 11 is 0. The highest BCUT2D eigenvalue weighted by Crippen LogP contribution is 2.48. The first-order chi connectivity index (χ1) is 64.8. The van der Waals surface area contributed by atoms with E-state index in [1.165, 1.54) is 85.0 Å². The number of aliphatic hydroxyl groups excluding tert-OH is 1. The highest BCUT2D eigenvalue weighted by atomic mass is 16.8. The molecular weight excluding hydrogens is 1790 g/mol. The Morgan fingerprint density at radius 3 is 1.20 bits per heavy atom. The van der Waals surface area contributed by atoms with Gasteiger partial charge in [0, 0.05) is 44.4 Å². The van der Waals surface area contributed by atoms with E-state index in [0.717, 1.165) is 89.9 Å². The van der Waals surface area contributed by atoms with Crippen LogP contribution in [0.1, 0.15) is 392 Å². The smallest absolute Gasteiger partial charge is 0.305 e. The van der Waals surface area contributed by atoms with Gasteiger partial charge in [-0.15, -0.1) is 0 Å². The number of unbranched alkanes of at least 4 members (excludes halogenated alkanes) is 12. The minimum atomic E-state index is -0.966. The molecule has 0 radical (unpaired) electrons. The predicted octanol–water partition coefficient (Wildman–Crippen LogP) is 18.4. The second kappa shape index (κ2) is 54.7. The van der Waals surface area contributed by atoms with Crippen molar-refractivity contribution in [3.05, 3.63) is 0 Å². The molecule has 0 amide bonds. The summed E-state index contributed by atoms with van der Waals surface area (Å²) < 4.78 is 151. The van der Waals surface area contributed by atoms with Gasteiger partial charge in [0.1, 0.15) is 89.8 Å². The summed E-state index contributed by atoms with van der Waals surface area (Å²) in [5.74, 6) is -7.48. The second-order valence-corrected chi connectivity index (χ2v) is 43.9. The van der Waals surface area contributed by atoms with E-state index in [4.69, 9.17) is 118 Å². The van der Waals surface area contributed by atoms with Crippen molar-refractivity contribution < 1.29 is 152 Å². The Balaban J connectivity index is 0.000000216. The van der Waals surface area contributed by atoms with E-state index < -0.39 is 93.7 Å². The molecule has 0 bridgehead atoms. The molecule has 12 heterocycles. The van der Waals surface area contributed by atoms with Gasteiger partial charge in [0.25, 0.3) is 0 Å². The van der Waals surface area contributed by atoms with Crippen molar-refractivity contribution in [1.82, 2.24) is 0 Å². The number of hydrogen-bond donors (Lipinski definition) is 1. The third kappa shape index (κ3) is 39.1. The van der Waals surface area contributed by atoms with Crippen LogP contribution in [0.3, 0.4) is 0 Å². The molecule has 0 spiro atoms. The van der Waals surface area contributed by atoms with Gasteiger partial charge in [0.2, 0.25) is 0 Å². The first-order valence-corrected chi connectivity index (χ1v) is 52.9. The number of carbonyl (C=O) groups excluding carboxylic acids is 6. The Bertz CT molecular complexity index is 3600. The summed E-state index contributed by atoms with van der Waals surface area (Å²) in [5, 5.41) is 10.5. The largest absolute Gasteiger partial charge is 0.466 e. The van der Waals surface area contributed by atoms with E-state index in [-0.39, 0.29) is 140 Å². The first kappa shape index (κ1) is 120. The average Bonchev–Trinajstić information content (AvgIpc) is 1.61. The number of esters is 1. The molecule has 0 aromatic heterocycles. The SMILES string of the molecule is CC(=O)C1(C)CC(C2COC(C)(CC(C)C)O2)CO1.CCC1(C)OC(C2COC(C)(CC(C)=O)O2)C(C2COC(C)(CC(C)=O)O2)O1.CCC1(C)OCC(OC2COC(C)(CC(C)=O)OC2)CO1.CCCCCCCCC1(C)OCC(C2OC(C)(CCCCCCCC)OC2C2COC(C)(CC(C)=O)O2)O1.CCCCOC(=O)CCC1(C)OC(CC(O)CCCC)CC(CC2CCOC(C)(C)O2)O1. The zero-order valence-corrected chi connectivity index (χ0v) is 89.7. The molecule has 22 atom stereocenters. The van der Waals surface area contributed by atoms with Gasteiger partial charge in [0.05, 0.1) is 142 Å². The minimum absolute atomic E-state index is 0.00536. The fourth-order valence-corrected chi connectivity index (χ4v) is 20.4. The van der Waals surface area contributed by atoms with E-state index in [9.17, 15) is 33.9 Å². The van der Waals surface area contributed by atoms with Gasteiger partial charge in [0.15, 0.2) is 69.4 Å². The third-order valence-electron chi connectivity index (χ3n) is 28.2. The van der Waals surface area contributed by atoms with E-state index in [1.54, 1.807) is 34.6 Å². The summed E-state index contributed by atoms with van der Waals surface area (Å²) in [6, 6.07) is 0. The molecule has 12 aliphatic rings. The Labute approximate surface area is 827 Å². The third-order valence-corrected chi connectivity index (χ3v) is 28.2. The monoisotopic (exact) mass is 1970 g/mol.